The fourth-order valence-electron chi connectivity index (χ4n) is 2.49. The molecule has 2 N–H and O–H groups in total. The van der Waals surface area contributed by atoms with Crippen LogP contribution in [0.1, 0.15) is 32.1 Å². The summed E-state index contributed by atoms with van der Waals surface area (Å²) in [5.41, 5.74) is 0.113. The van der Waals surface area contributed by atoms with Crippen LogP contribution in [0.2, 0.25) is 0 Å². The average Bonchev–Trinajstić information content (AvgIpc) is 2.19. The minimum Gasteiger partial charge on any atom is -0.396 e. The van der Waals surface area contributed by atoms with Gasteiger partial charge >= 0.3 is 0 Å². The molecule has 3 heteroatoms. The van der Waals surface area contributed by atoms with E-state index in [9.17, 15) is 5.11 Å². The van der Waals surface area contributed by atoms with Crippen molar-refractivity contribution in [2.75, 3.05) is 33.4 Å². The number of rotatable bonds is 5. The van der Waals surface area contributed by atoms with Crippen LogP contribution in [-0.2, 0) is 0 Å². The Balaban J connectivity index is 2.42. The molecule has 14 heavy (non-hydrogen) atoms. The molecule has 0 aliphatic heterocycles. The molecule has 0 bridgehead atoms. The highest BCUT2D eigenvalue weighted by Gasteiger charge is 2.32. The summed E-state index contributed by atoms with van der Waals surface area (Å²) in [6.07, 6.45) is 6.07. The topological polar surface area (TPSA) is 43.7 Å². The quantitative estimate of drug-likeness (QED) is 0.693. The maximum absolute atomic E-state index is 9.47. The highest BCUT2D eigenvalue weighted by atomic mass is 16.3. The zero-order chi connectivity index (χ0) is 10.4. The van der Waals surface area contributed by atoms with Crippen LogP contribution in [0.3, 0.4) is 0 Å². The van der Waals surface area contributed by atoms with Gasteiger partial charge in [-0.25, -0.2) is 0 Å². The summed E-state index contributed by atoms with van der Waals surface area (Å²) in [5, 5.41) is 18.3. The van der Waals surface area contributed by atoms with E-state index in [1.165, 1.54) is 19.3 Å². The molecule has 84 valence electrons. The van der Waals surface area contributed by atoms with Gasteiger partial charge in [0, 0.05) is 25.1 Å². The summed E-state index contributed by atoms with van der Waals surface area (Å²) in [6.45, 7) is 2.13. The van der Waals surface area contributed by atoms with Crippen LogP contribution >= 0.6 is 0 Å². The Kier molecular flexibility index (Phi) is 4.85. The number of likely N-dealkylation sites (N-methyl/N-ethyl adjacent to an activating group) is 1. The second-order valence-electron chi connectivity index (χ2n) is 4.68. The number of aliphatic hydroxyl groups excluding tert-OH is 2. The van der Waals surface area contributed by atoms with E-state index in [4.69, 9.17) is 5.11 Å². The van der Waals surface area contributed by atoms with E-state index in [0.717, 1.165) is 19.4 Å². The molecule has 0 amide bonds. The van der Waals surface area contributed by atoms with E-state index >= 15 is 0 Å². The van der Waals surface area contributed by atoms with Crippen molar-refractivity contribution in [1.29, 1.82) is 0 Å². The van der Waals surface area contributed by atoms with Crippen LogP contribution in [0, 0.1) is 5.41 Å². The van der Waals surface area contributed by atoms with Gasteiger partial charge in [-0.05, 0) is 19.9 Å². The zero-order valence-electron chi connectivity index (χ0n) is 9.21. The number of aliphatic hydroxyl groups is 2. The van der Waals surface area contributed by atoms with Gasteiger partial charge in [0.15, 0.2) is 0 Å². The molecule has 3 nitrogen and oxygen atoms in total. The second-order valence-corrected chi connectivity index (χ2v) is 4.68. The average molecular weight is 201 g/mol. The molecule has 0 aromatic heterocycles. The van der Waals surface area contributed by atoms with Gasteiger partial charge in [-0.15, -0.1) is 0 Å². The molecule has 0 spiro atoms. The molecule has 1 fully saturated rings. The van der Waals surface area contributed by atoms with Crippen molar-refractivity contribution in [3.05, 3.63) is 0 Å². The molecular weight excluding hydrogens is 178 g/mol. The van der Waals surface area contributed by atoms with Crippen molar-refractivity contribution in [2.45, 2.75) is 32.1 Å². The van der Waals surface area contributed by atoms with E-state index < -0.39 is 0 Å². The van der Waals surface area contributed by atoms with Crippen molar-refractivity contribution in [3.63, 3.8) is 0 Å². The predicted molar refractivity (Wildman–Crippen MR) is 57.2 cm³/mol. The Morgan fingerprint density at radius 2 is 1.79 bits per heavy atom. The van der Waals surface area contributed by atoms with Crippen LogP contribution in [0.25, 0.3) is 0 Å². The third-order valence-corrected chi connectivity index (χ3v) is 3.34. The lowest BCUT2D eigenvalue weighted by Crippen LogP contribution is -2.40. The molecule has 0 radical (unpaired) electrons. The molecule has 0 heterocycles. The van der Waals surface area contributed by atoms with Gasteiger partial charge in [0.25, 0.3) is 0 Å². The third-order valence-electron chi connectivity index (χ3n) is 3.34. The first-order valence-corrected chi connectivity index (χ1v) is 5.63. The van der Waals surface area contributed by atoms with Crippen molar-refractivity contribution in [3.8, 4) is 0 Å². The molecule has 1 aliphatic carbocycles. The third kappa shape index (κ3) is 3.23. The Bertz CT molecular complexity index is 155. The van der Waals surface area contributed by atoms with Gasteiger partial charge in [-0.2, -0.15) is 0 Å². The highest BCUT2D eigenvalue weighted by Crippen LogP contribution is 2.36. The summed E-state index contributed by atoms with van der Waals surface area (Å²) in [4.78, 5) is 2.13. The Morgan fingerprint density at radius 1 is 1.14 bits per heavy atom. The van der Waals surface area contributed by atoms with Gasteiger partial charge in [0.05, 0.1) is 6.61 Å². The zero-order valence-corrected chi connectivity index (χ0v) is 9.21. The van der Waals surface area contributed by atoms with Crippen molar-refractivity contribution >= 4 is 0 Å². The van der Waals surface area contributed by atoms with Gasteiger partial charge in [0.1, 0.15) is 0 Å². The first-order chi connectivity index (χ1) is 6.72. The standard InChI is InChI=1S/C11H23NO2/c1-12(7-8-13)9-11(10-14)5-3-2-4-6-11/h13-14H,2-10H2,1H3. The van der Waals surface area contributed by atoms with Gasteiger partial charge in [-0.3, -0.25) is 0 Å². The monoisotopic (exact) mass is 201 g/mol. The fraction of sp³-hybridized carbons (Fsp3) is 1.00. The van der Waals surface area contributed by atoms with Crippen LogP contribution in [0.15, 0.2) is 0 Å². The summed E-state index contributed by atoms with van der Waals surface area (Å²) in [7, 11) is 2.02. The molecule has 0 aromatic carbocycles. The molecule has 0 aromatic rings. The molecule has 0 atom stereocenters. The minimum atomic E-state index is 0.113. The van der Waals surface area contributed by atoms with Crippen molar-refractivity contribution in [2.24, 2.45) is 5.41 Å². The largest absolute Gasteiger partial charge is 0.396 e. The lowest BCUT2D eigenvalue weighted by atomic mass is 9.74. The SMILES string of the molecule is CN(CCO)CC1(CO)CCCCC1. The van der Waals surface area contributed by atoms with Crippen molar-refractivity contribution in [1.82, 2.24) is 4.90 Å². The van der Waals surface area contributed by atoms with E-state index in [2.05, 4.69) is 4.90 Å². The Morgan fingerprint density at radius 3 is 2.29 bits per heavy atom. The number of hydrogen-bond acceptors (Lipinski definition) is 3. The molecule has 1 rings (SSSR count). The summed E-state index contributed by atoms with van der Waals surface area (Å²) in [6, 6.07) is 0. The van der Waals surface area contributed by atoms with E-state index in [1.807, 2.05) is 7.05 Å². The lowest BCUT2D eigenvalue weighted by Gasteiger charge is -2.38. The summed E-state index contributed by atoms with van der Waals surface area (Å²) in [5.74, 6) is 0. The van der Waals surface area contributed by atoms with Crippen molar-refractivity contribution < 1.29 is 10.2 Å². The van der Waals surface area contributed by atoms with E-state index in [0.29, 0.717) is 13.2 Å². The Labute approximate surface area is 86.7 Å². The normalized spacial score (nSPS) is 21.4. The second kappa shape index (κ2) is 5.69. The summed E-state index contributed by atoms with van der Waals surface area (Å²) >= 11 is 0. The molecule has 0 unspecified atom stereocenters. The molecule has 1 saturated carbocycles. The van der Waals surface area contributed by atoms with Crippen LogP contribution < -0.4 is 0 Å². The predicted octanol–water partition coefficient (Wildman–Crippen LogP) is 0.853. The Hall–Kier alpha value is -0.120. The number of hydrogen-bond donors (Lipinski definition) is 2. The molecule has 1 aliphatic rings. The van der Waals surface area contributed by atoms with Crippen LogP contribution in [0.5, 0.6) is 0 Å². The highest BCUT2D eigenvalue weighted by molar-refractivity contribution is 4.84. The minimum absolute atomic E-state index is 0.113. The van der Waals surface area contributed by atoms with E-state index in [-0.39, 0.29) is 12.0 Å². The first-order valence-electron chi connectivity index (χ1n) is 5.63. The van der Waals surface area contributed by atoms with Gasteiger partial charge < -0.3 is 15.1 Å². The van der Waals surface area contributed by atoms with Gasteiger partial charge in [-0.1, -0.05) is 19.3 Å². The van der Waals surface area contributed by atoms with Crippen LogP contribution in [0.4, 0.5) is 0 Å². The molecular formula is C11H23NO2. The van der Waals surface area contributed by atoms with Gasteiger partial charge in [0.2, 0.25) is 0 Å². The molecule has 0 saturated heterocycles. The number of nitrogens with zero attached hydrogens (tertiary/aromatic N) is 1. The van der Waals surface area contributed by atoms with E-state index in [1.54, 1.807) is 0 Å². The smallest absolute Gasteiger partial charge is 0.0558 e. The maximum atomic E-state index is 9.47. The summed E-state index contributed by atoms with van der Waals surface area (Å²) < 4.78 is 0. The first kappa shape index (κ1) is 12.0. The lowest BCUT2D eigenvalue weighted by molar-refractivity contribution is 0.0439. The maximum Gasteiger partial charge on any atom is 0.0558 e. The van der Waals surface area contributed by atoms with Crippen LogP contribution in [-0.4, -0.2) is 48.5 Å². The fourth-order valence-corrected chi connectivity index (χ4v) is 2.49.